The van der Waals surface area contributed by atoms with Crippen LogP contribution in [-0.4, -0.2) is 0 Å². The Morgan fingerprint density at radius 1 is 0.479 bits per heavy atom. The van der Waals surface area contributed by atoms with Crippen LogP contribution >= 0.6 is 11.8 Å². The lowest BCUT2D eigenvalue weighted by Crippen LogP contribution is -2.43. The Kier molecular flexibility index (Phi) is 8.44. The quantitative estimate of drug-likeness (QED) is 0.171. The molecule has 2 heterocycles. The molecule has 4 fully saturated rings. The first-order chi connectivity index (χ1) is 34.9. The SMILES string of the molecule is CC1(C)c2ccccc2-c2cccc(N(c3cc(-c4cccc(C5C6CC7CC(C6)CC5C7)c4)c4c(c3)C3(c5ccccc5S4)c4ccccc4-c4ccccc43)c3cccc4c3oc3ccccc34)c21. The monoisotopic (exact) mass is 931 g/mol. The van der Waals surface area contributed by atoms with Crippen LogP contribution in [0.15, 0.2) is 208 Å². The van der Waals surface area contributed by atoms with Crippen molar-refractivity contribution in [1.82, 2.24) is 0 Å². The number of hydrogen-bond donors (Lipinski definition) is 0. The molecule has 0 unspecified atom stereocenters. The Bertz CT molecular complexity index is 3820. The number of furan rings is 1. The van der Waals surface area contributed by atoms with E-state index in [1.807, 2.05) is 11.8 Å². The minimum Gasteiger partial charge on any atom is -0.454 e. The van der Waals surface area contributed by atoms with Gasteiger partial charge in [-0.2, -0.15) is 0 Å². The predicted octanol–water partition coefficient (Wildman–Crippen LogP) is 18.4. The summed E-state index contributed by atoms with van der Waals surface area (Å²) in [5.41, 5.74) is 21.8. The highest BCUT2D eigenvalue weighted by molar-refractivity contribution is 7.99. The fraction of sp³-hybridized carbons (Fsp3) is 0.206. The van der Waals surface area contributed by atoms with Crippen molar-refractivity contribution in [3.8, 4) is 33.4 Å². The summed E-state index contributed by atoms with van der Waals surface area (Å²) in [5, 5.41) is 2.26. The van der Waals surface area contributed by atoms with Gasteiger partial charge in [-0.25, -0.2) is 0 Å². The van der Waals surface area contributed by atoms with Crippen LogP contribution < -0.4 is 4.90 Å². The van der Waals surface area contributed by atoms with Crippen LogP contribution in [0.4, 0.5) is 17.1 Å². The Balaban J connectivity index is 1.03. The second kappa shape index (κ2) is 14.7. The molecule has 4 bridgehead atoms. The minimum absolute atomic E-state index is 0.272. The summed E-state index contributed by atoms with van der Waals surface area (Å²) in [6.45, 7) is 4.84. The average molecular weight is 932 g/mol. The highest BCUT2D eigenvalue weighted by Gasteiger charge is 2.52. The lowest BCUT2D eigenvalue weighted by Gasteiger charge is -2.54. The van der Waals surface area contributed by atoms with Crippen LogP contribution in [-0.2, 0) is 10.8 Å². The molecular formula is C68H53NOS. The van der Waals surface area contributed by atoms with Crippen molar-refractivity contribution in [3.05, 3.63) is 233 Å². The molecule has 3 heteroatoms. The van der Waals surface area contributed by atoms with Gasteiger partial charge in [0.15, 0.2) is 5.58 Å². The molecule has 6 aliphatic carbocycles. The molecule has 71 heavy (non-hydrogen) atoms. The second-order valence-electron chi connectivity index (χ2n) is 22.3. The van der Waals surface area contributed by atoms with Gasteiger partial charge in [0, 0.05) is 31.7 Å². The van der Waals surface area contributed by atoms with Crippen molar-refractivity contribution in [2.75, 3.05) is 4.90 Å². The van der Waals surface area contributed by atoms with E-state index in [0.29, 0.717) is 5.92 Å². The Morgan fingerprint density at radius 3 is 1.83 bits per heavy atom. The van der Waals surface area contributed by atoms with E-state index in [1.165, 1.54) is 114 Å². The smallest absolute Gasteiger partial charge is 0.159 e. The van der Waals surface area contributed by atoms with Crippen LogP contribution in [0.1, 0.15) is 90.8 Å². The maximum absolute atomic E-state index is 7.08. The number of para-hydroxylation sites is 2. The predicted molar refractivity (Wildman–Crippen MR) is 293 cm³/mol. The van der Waals surface area contributed by atoms with E-state index in [0.717, 1.165) is 57.0 Å². The lowest BCUT2D eigenvalue weighted by atomic mass is 9.50. The van der Waals surface area contributed by atoms with Crippen molar-refractivity contribution in [2.24, 2.45) is 23.7 Å². The standard InChI is InChI=1S/C68H53NOS/c1-67(2)54-24-7-3-20-49(54)51-22-14-28-59(64(51)67)69(60-29-15-23-52-50-21-6-11-30-61(50)70-65(52)60)46-38-53(42-16-13-17-43(37-42)63-44-33-40-32-41(35-44)36-45(63)34-40)66-58(39-46)68(57-27-10-12-31-62(57)71-66)55-25-8-4-18-47(55)48-19-5-9-26-56(48)68/h3-31,37-41,44-45,63H,32-36H2,1-2H3. The third-order valence-electron chi connectivity index (χ3n) is 18.4. The van der Waals surface area contributed by atoms with E-state index in [-0.39, 0.29) is 5.41 Å². The van der Waals surface area contributed by atoms with Crippen LogP contribution in [0, 0.1) is 23.7 Å². The molecular weight excluding hydrogens is 879 g/mol. The number of anilines is 3. The van der Waals surface area contributed by atoms with Crippen LogP contribution in [0.5, 0.6) is 0 Å². The average Bonchev–Trinajstić information content (AvgIpc) is 4.02. The van der Waals surface area contributed by atoms with E-state index in [1.54, 1.807) is 5.56 Å². The van der Waals surface area contributed by atoms with E-state index < -0.39 is 5.41 Å². The summed E-state index contributed by atoms with van der Waals surface area (Å²) < 4.78 is 7.08. The first-order valence-corrected chi connectivity index (χ1v) is 26.9. The third-order valence-corrected chi connectivity index (χ3v) is 19.6. The van der Waals surface area contributed by atoms with Gasteiger partial charge in [0.2, 0.25) is 0 Å². The molecule has 1 spiro atoms. The van der Waals surface area contributed by atoms with Crippen molar-refractivity contribution >= 4 is 50.8 Å². The lowest BCUT2D eigenvalue weighted by molar-refractivity contribution is -0.00276. The van der Waals surface area contributed by atoms with Crippen LogP contribution in [0.25, 0.3) is 55.3 Å². The number of hydrogen-bond acceptors (Lipinski definition) is 3. The van der Waals surface area contributed by atoms with Gasteiger partial charge in [-0.1, -0.05) is 183 Å². The zero-order valence-electron chi connectivity index (χ0n) is 40.2. The summed E-state index contributed by atoms with van der Waals surface area (Å²) in [5.74, 6) is 4.10. The highest BCUT2D eigenvalue weighted by atomic mass is 32.2. The van der Waals surface area contributed by atoms with Gasteiger partial charge in [0.1, 0.15) is 5.58 Å². The largest absolute Gasteiger partial charge is 0.454 e. The first kappa shape index (κ1) is 40.6. The van der Waals surface area contributed by atoms with E-state index in [2.05, 4.69) is 213 Å². The van der Waals surface area contributed by atoms with Crippen LogP contribution in [0.2, 0.25) is 0 Å². The molecule has 0 amide bonds. The Morgan fingerprint density at radius 2 is 1.07 bits per heavy atom. The fourth-order valence-corrected chi connectivity index (χ4v) is 17.3. The molecule has 7 aliphatic rings. The molecule has 1 aromatic heterocycles. The molecule has 4 saturated carbocycles. The molecule has 0 atom stereocenters. The molecule has 17 rings (SSSR count). The molecule has 342 valence electrons. The topological polar surface area (TPSA) is 16.4 Å². The maximum Gasteiger partial charge on any atom is 0.159 e. The third kappa shape index (κ3) is 5.51. The second-order valence-corrected chi connectivity index (χ2v) is 23.4. The molecule has 0 saturated heterocycles. The van der Waals surface area contributed by atoms with Gasteiger partial charge in [-0.3, -0.25) is 0 Å². The summed E-state index contributed by atoms with van der Waals surface area (Å²) in [7, 11) is 0. The van der Waals surface area contributed by atoms with E-state index in [9.17, 15) is 0 Å². The van der Waals surface area contributed by atoms with Crippen LogP contribution in [0.3, 0.4) is 0 Å². The van der Waals surface area contributed by atoms with Crippen molar-refractivity contribution in [2.45, 2.75) is 72.5 Å². The van der Waals surface area contributed by atoms with E-state index in [4.69, 9.17) is 4.42 Å². The van der Waals surface area contributed by atoms with Crippen molar-refractivity contribution < 1.29 is 4.42 Å². The summed E-state index contributed by atoms with van der Waals surface area (Å²) >= 11 is 1.97. The number of rotatable bonds is 5. The normalized spacial score (nSPS) is 22.0. The molecule has 0 N–H and O–H groups in total. The molecule has 9 aromatic carbocycles. The van der Waals surface area contributed by atoms with Gasteiger partial charge >= 0.3 is 0 Å². The van der Waals surface area contributed by atoms with Gasteiger partial charge in [0.25, 0.3) is 0 Å². The minimum atomic E-state index is -0.570. The highest BCUT2D eigenvalue weighted by Crippen LogP contribution is 2.66. The van der Waals surface area contributed by atoms with Crippen molar-refractivity contribution in [3.63, 3.8) is 0 Å². The first-order valence-electron chi connectivity index (χ1n) is 26.1. The van der Waals surface area contributed by atoms with E-state index >= 15 is 0 Å². The fourth-order valence-electron chi connectivity index (χ4n) is 16.0. The zero-order chi connectivity index (χ0) is 46.7. The summed E-state index contributed by atoms with van der Waals surface area (Å²) in [6.07, 6.45) is 7.10. The zero-order valence-corrected chi connectivity index (χ0v) is 41.0. The van der Waals surface area contributed by atoms with Gasteiger partial charge in [-0.05, 0) is 170 Å². The molecule has 2 nitrogen and oxygen atoms in total. The summed E-state index contributed by atoms with van der Waals surface area (Å²) in [6, 6.07) is 74.3. The maximum atomic E-state index is 7.08. The number of nitrogens with zero attached hydrogens (tertiary/aromatic N) is 1. The molecule has 10 aromatic rings. The van der Waals surface area contributed by atoms with Gasteiger partial charge < -0.3 is 9.32 Å². The van der Waals surface area contributed by atoms with Gasteiger partial charge in [-0.15, -0.1) is 0 Å². The Labute approximate surface area is 420 Å². The van der Waals surface area contributed by atoms with Crippen molar-refractivity contribution in [1.29, 1.82) is 0 Å². The summed E-state index contributed by atoms with van der Waals surface area (Å²) in [4.78, 5) is 5.25. The molecule has 1 aliphatic heterocycles. The van der Waals surface area contributed by atoms with Gasteiger partial charge in [0.05, 0.1) is 16.8 Å². The number of benzene rings is 9. The Hall–Kier alpha value is -7.07. The molecule has 0 radical (unpaired) electrons. The number of fused-ring (bicyclic) bond motifs is 15.